The van der Waals surface area contributed by atoms with Gasteiger partial charge in [0.1, 0.15) is 0 Å². The molecule has 0 bridgehead atoms. The smallest absolute Gasteiger partial charge is 0.0443 e. The van der Waals surface area contributed by atoms with E-state index in [2.05, 4.69) is 55.0 Å². The Hall–Kier alpha value is 0.140. The van der Waals surface area contributed by atoms with Crippen molar-refractivity contribution in [1.29, 1.82) is 0 Å². The van der Waals surface area contributed by atoms with Crippen molar-refractivity contribution in [3.05, 3.63) is 20.3 Å². The molecule has 0 saturated carbocycles. The van der Waals surface area contributed by atoms with E-state index in [1.54, 1.807) is 0 Å². The molecule has 0 aliphatic rings. The molecular formula is C15H26BrNS. The normalized spacial score (nSPS) is 13.2. The van der Waals surface area contributed by atoms with Crippen LogP contribution in [0.25, 0.3) is 0 Å². The zero-order chi connectivity index (χ0) is 13.5. The lowest BCUT2D eigenvalue weighted by atomic mass is 9.89. The summed E-state index contributed by atoms with van der Waals surface area (Å²) in [7, 11) is 0. The van der Waals surface area contributed by atoms with E-state index in [4.69, 9.17) is 0 Å². The molecule has 104 valence electrons. The Morgan fingerprint density at radius 3 is 2.22 bits per heavy atom. The van der Waals surface area contributed by atoms with Crippen molar-refractivity contribution < 1.29 is 0 Å². The number of aryl methyl sites for hydroxylation is 1. The Kier molecular flexibility index (Phi) is 7.50. The molecule has 0 saturated heterocycles. The molecular weight excluding hydrogens is 306 g/mol. The van der Waals surface area contributed by atoms with Crippen LogP contribution in [0.1, 0.15) is 62.3 Å². The Morgan fingerprint density at radius 2 is 1.83 bits per heavy atom. The highest BCUT2D eigenvalue weighted by molar-refractivity contribution is 9.10. The first-order valence-corrected chi connectivity index (χ1v) is 8.74. The third-order valence-corrected chi connectivity index (χ3v) is 5.62. The van der Waals surface area contributed by atoms with Crippen LogP contribution in [0.15, 0.2) is 10.5 Å². The lowest BCUT2D eigenvalue weighted by Gasteiger charge is -2.26. The standard InChI is InChI=1S/C15H26BrNS/c1-5-8-12(9-6-2)15(17-7-3)14-10-13(16)11(4)18-14/h10,12,15,17H,5-9H2,1-4H3. The van der Waals surface area contributed by atoms with Gasteiger partial charge in [-0.1, -0.05) is 33.6 Å². The summed E-state index contributed by atoms with van der Waals surface area (Å²) >= 11 is 5.58. The minimum atomic E-state index is 0.532. The molecule has 0 radical (unpaired) electrons. The molecule has 1 N–H and O–H groups in total. The van der Waals surface area contributed by atoms with Crippen molar-refractivity contribution in [2.24, 2.45) is 5.92 Å². The van der Waals surface area contributed by atoms with Gasteiger partial charge in [-0.15, -0.1) is 11.3 Å². The largest absolute Gasteiger partial charge is 0.309 e. The quantitative estimate of drug-likeness (QED) is 0.645. The Bertz CT molecular complexity index is 323. The molecule has 0 amide bonds. The van der Waals surface area contributed by atoms with Crippen molar-refractivity contribution in [2.45, 2.75) is 59.4 Å². The van der Waals surface area contributed by atoms with Crippen molar-refractivity contribution in [3.8, 4) is 0 Å². The Labute approximate surface area is 125 Å². The molecule has 1 aromatic heterocycles. The number of nitrogens with one attached hydrogen (secondary N) is 1. The summed E-state index contributed by atoms with van der Waals surface area (Å²) in [6.07, 6.45) is 5.19. The third kappa shape index (κ3) is 4.36. The summed E-state index contributed by atoms with van der Waals surface area (Å²) < 4.78 is 1.26. The highest BCUT2D eigenvalue weighted by Crippen LogP contribution is 2.37. The number of halogens is 1. The summed E-state index contributed by atoms with van der Waals surface area (Å²) in [5, 5.41) is 3.70. The van der Waals surface area contributed by atoms with E-state index in [1.807, 2.05) is 11.3 Å². The fraction of sp³-hybridized carbons (Fsp3) is 0.733. The van der Waals surface area contributed by atoms with E-state index in [-0.39, 0.29) is 0 Å². The Balaban J connectivity index is 2.90. The molecule has 0 fully saturated rings. The minimum absolute atomic E-state index is 0.532. The summed E-state index contributed by atoms with van der Waals surface area (Å²) in [4.78, 5) is 2.88. The third-order valence-electron chi connectivity index (χ3n) is 3.40. The zero-order valence-electron chi connectivity index (χ0n) is 12.1. The summed E-state index contributed by atoms with van der Waals surface area (Å²) in [5.74, 6) is 0.768. The molecule has 1 nitrogen and oxygen atoms in total. The van der Waals surface area contributed by atoms with E-state index in [0.717, 1.165) is 12.5 Å². The molecule has 3 heteroatoms. The molecule has 1 aromatic rings. The monoisotopic (exact) mass is 331 g/mol. The van der Waals surface area contributed by atoms with Gasteiger partial charge in [-0.3, -0.25) is 0 Å². The molecule has 0 aliphatic heterocycles. The summed E-state index contributed by atoms with van der Waals surface area (Å²) in [6, 6.07) is 2.84. The van der Waals surface area contributed by atoms with Crippen LogP contribution in [0, 0.1) is 12.8 Å². The van der Waals surface area contributed by atoms with Gasteiger partial charge in [0.05, 0.1) is 0 Å². The second kappa shape index (κ2) is 8.34. The van der Waals surface area contributed by atoms with Crippen molar-refractivity contribution >= 4 is 27.3 Å². The van der Waals surface area contributed by atoms with Crippen molar-refractivity contribution in [3.63, 3.8) is 0 Å². The summed E-state index contributed by atoms with van der Waals surface area (Å²) in [5.41, 5.74) is 0. The maximum absolute atomic E-state index is 3.70. The first kappa shape index (κ1) is 16.2. The van der Waals surface area contributed by atoms with Gasteiger partial charge < -0.3 is 5.32 Å². The molecule has 18 heavy (non-hydrogen) atoms. The average molecular weight is 332 g/mol. The molecule has 1 atom stereocenters. The van der Waals surface area contributed by atoms with E-state index in [9.17, 15) is 0 Å². The van der Waals surface area contributed by atoms with Crippen LogP contribution in [0.4, 0.5) is 0 Å². The second-order valence-corrected chi connectivity index (χ2v) is 7.07. The van der Waals surface area contributed by atoms with Crippen LogP contribution >= 0.6 is 27.3 Å². The lowest BCUT2D eigenvalue weighted by molar-refractivity contribution is 0.324. The van der Waals surface area contributed by atoms with E-state index < -0.39 is 0 Å². The molecule has 1 unspecified atom stereocenters. The fourth-order valence-corrected chi connectivity index (χ4v) is 4.30. The van der Waals surface area contributed by atoms with Crippen LogP contribution in [0.3, 0.4) is 0 Å². The molecule has 1 heterocycles. The number of thiophene rings is 1. The Morgan fingerprint density at radius 1 is 1.22 bits per heavy atom. The van der Waals surface area contributed by atoms with E-state index in [1.165, 1.54) is 39.9 Å². The average Bonchev–Trinajstić information content (AvgIpc) is 2.66. The molecule has 1 rings (SSSR count). The highest BCUT2D eigenvalue weighted by Gasteiger charge is 2.23. The van der Waals surface area contributed by atoms with Crippen LogP contribution in [-0.2, 0) is 0 Å². The van der Waals surface area contributed by atoms with Gasteiger partial charge in [-0.05, 0) is 54.2 Å². The van der Waals surface area contributed by atoms with Crippen LogP contribution < -0.4 is 5.32 Å². The second-order valence-electron chi connectivity index (χ2n) is 4.93. The van der Waals surface area contributed by atoms with Gasteiger partial charge in [-0.25, -0.2) is 0 Å². The minimum Gasteiger partial charge on any atom is -0.309 e. The number of hydrogen-bond acceptors (Lipinski definition) is 2. The first-order chi connectivity index (χ1) is 8.63. The van der Waals surface area contributed by atoms with Gasteiger partial charge in [0.15, 0.2) is 0 Å². The number of rotatable bonds is 8. The van der Waals surface area contributed by atoms with Gasteiger partial charge in [0.2, 0.25) is 0 Å². The van der Waals surface area contributed by atoms with Gasteiger partial charge in [0, 0.05) is 20.3 Å². The van der Waals surface area contributed by atoms with Gasteiger partial charge in [0.25, 0.3) is 0 Å². The predicted octanol–water partition coefficient (Wildman–Crippen LogP) is 5.69. The number of hydrogen-bond donors (Lipinski definition) is 1. The molecule has 0 aliphatic carbocycles. The predicted molar refractivity (Wildman–Crippen MR) is 86.5 cm³/mol. The topological polar surface area (TPSA) is 12.0 Å². The molecule has 0 aromatic carbocycles. The van der Waals surface area contributed by atoms with Gasteiger partial charge >= 0.3 is 0 Å². The summed E-state index contributed by atoms with van der Waals surface area (Å²) in [6.45, 7) is 10.0. The van der Waals surface area contributed by atoms with Gasteiger partial charge in [-0.2, -0.15) is 0 Å². The fourth-order valence-electron chi connectivity index (χ4n) is 2.57. The van der Waals surface area contributed by atoms with Crippen LogP contribution in [-0.4, -0.2) is 6.54 Å². The maximum atomic E-state index is 3.70. The highest BCUT2D eigenvalue weighted by atomic mass is 79.9. The van der Waals surface area contributed by atoms with Crippen LogP contribution in [0.2, 0.25) is 0 Å². The van der Waals surface area contributed by atoms with Crippen LogP contribution in [0.5, 0.6) is 0 Å². The maximum Gasteiger partial charge on any atom is 0.0443 e. The molecule has 0 spiro atoms. The lowest BCUT2D eigenvalue weighted by Crippen LogP contribution is -2.27. The van der Waals surface area contributed by atoms with Crippen molar-refractivity contribution in [2.75, 3.05) is 6.54 Å². The van der Waals surface area contributed by atoms with E-state index >= 15 is 0 Å². The van der Waals surface area contributed by atoms with Crippen molar-refractivity contribution in [1.82, 2.24) is 5.32 Å². The SMILES string of the molecule is CCCC(CCC)C(NCC)c1cc(Br)c(C)s1. The first-order valence-electron chi connectivity index (χ1n) is 7.13. The van der Waals surface area contributed by atoms with E-state index in [0.29, 0.717) is 6.04 Å². The zero-order valence-corrected chi connectivity index (χ0v) is 14.5.